The molecule has 1 aliphatic rings. The molecule has 156 valence electrons. The summed E-state index contributed by atoms with van der Waals surface area (Å²) >= 11 is -2.76. The van der Waals surface area contributed by atoms with Gasteiger partial charge in [-0.3, -0.25) is 0 Å². The average molecular weight is 498 g/mol. The Balaban J connectivity index is 2.21. The summed E-state index contributed by atoms with van der Waals surface area (Å²) in [6, 6.07) is 3.61. The average Bonchev–Trinajstić information content (AvgIpc) is 3.31. The van der Waals surface area contributed by atoms with E-state index >= 15 is 0 Å². The van der Waals surface area contributed by atoms with Crippen LogP contribution in [0.4, 0.5) is 0 Å². The van der Waals surface area contributed by atoms with E-state index in [1.54, 1.807) is 6.07 Å². The van der Waals surface area contributed by atoms with Gasteiger partial charge in [-0.05, 0) is 0 Å². The van der Waals surface area contributed by atoms with Gasteiger partial charge in [-0.25, -0.2) is 0 Å². The molecule has 2 heterocycles. The van der Waals surface area contributed by atoms with Gasteiger partial charge < -0.3 is 0 Å². The van der Waals surface area contributed by atoms with Crippen LogP contribution in [0.25, 0.3) is 0 Å². The second-order valence-electron chi connectivity index (χ2n) is 7.72. The Hall–Kier alpha value is -1.31. The summed E-state index contributed by atoms with van der Waals surface area (Å²) in [5.41, 5.74) is 0. The van der Waals surface area contributed by atoms with Crippen LogP contribution in [0.3, 0.4) is 0 Å². The van der Waals surface area contributed by atoms with Crippen molar-refractivity contribution < 1.29 is 23.6 Å². The van der Waals surface area contributed by atoms with Crippen molar-refractivity contribution in [2.24, 2.45) is 0 Å². The van der Waals surface area contributed by atoms with Gasteiger partial charge in [0, 0.05) is 0 Å². The molecule has 0 atom stereocenters. The first-order chi connectivity index (χ1) is 13.5. The number of rotatable bonds is 12. The van der Waals surface area contributed by atoms with E-state index in [0.717, 1.165) is 23.0 Å². The fraction of sp³-hybridized carbons (Fsp3) is 0.667. The zero-order valence-electron chi connectivity index (χ0n) is 17.4. The maximum atomic E-state index is 12.4. The van der Waals surface area contributed by atoms with Crippen molar-refractivity contribution in [2.75, 3.05) is 0 Å². The van der Waals surface area contributed by atoms with E-state index in [-0.39, 0.29) is 18.6 Å². The normalized spacial score (nSPS) is 14.8. The summed E-state index contributed by atoms with van der Waals surface area (Å²) in [4.78, 5) is 40.8. The number of nitrogens with zero attached hydrogens (tertiary/aromatic N) is 1. The molecule has 2 rings (SSSR count). The molecule has 0 aliphatic carbocycles. The van der Waals surface area contributed by atoms with Crippen LogP contribution in [-0.2, 0) is 14.4 Å². The van der Waals surface area contributed by atoms with E-state index in [1.165, 1.54) is 32.6 Å². The van der Waals surface area contributed by atoms with Gasteiger partial charge >= 0.3 is 172 Å². The zero-order valence-corrected chi connectivity index (χ0v) is 20.3. The van der Waals surface area contributed by atoms with Crippen LogP contribution >= 0.6 is 0 Å². The number of imide groups is 1. The second-order valence-corrected chi connectivity index (χ2v) is 20.7. The van der Waals surface area contributed by atoms with Gasteiger partial charge in [0.15, 0.2) is 0 Å². The Morgan fingerprint density at radius 3 is 1.93 bits per heavy atom. The molecule has 0 spiro atoms. The molecule has 28 heavy (non-hydrogen) atoms. The molecule has 7 heteroatoms. The molecule has 0 saturated carbocycles. The Bertz CT molecular complexity index is 646. The van der Waals surface area contributed by atoms with Crippen molar-refractivity contribution in [1.29, 1.82) is 0 Å². The van der Waals surface area contributed by atoms with Crippen molar-refractivity contribution in [1.82, 2.24) is 5.06 Å². The molecule has 0 radical (unpaired) electrons. The van der Waals surface area contributed by atoms with E-state index < -0.39 is 36.2 Å². The first-order valence-electron chi connectivity index (χ1n) is 10.7. The van der Waals surface area contributed by atoms with E-state index in [2.05, 4.69) is 20.8 Å². The molecule has 1 aromatic rings. The van der Waals surface area contributed by atoms with Gasteiger partial charge in [0.1, 0.15) is 0 Å². The summed E-state index contributed by atoms with van der Waals surface area (Å²) in [5, 5.41) is 0.576. The number of carbonyl (C=O) groups is 3. The molecule has 1 saturated heterocycles. The monoisotopic (exact) mass is 499 g/mol. The Kier molecular flexibility index (Phi) is 9.04. The quantitative estimate of drug-likeness (QED) is 0.312. The van der Waals surface area contributed by atoms with Crippen LogP contribution in [0.15, 0.2) is 16.5 Å². The molecule has 1 fully saturated rings. The Morgan fingerprint density at radius 2 is 1.46 bits per heavy atom. The summed E-state index contributed by atoms with van der Waals surface area (Å²) in [7, 11) is 0. The third kappa shape index (κ3) is 5.61. The molecule has 1 aliphatic heterocycles. The molecule has 0 aromatic carbocycles. The Morgan fingerprint density at radius 1 is 0.964 bits per heavy atom. The van der Waals surface area contributed by atoms with Crippen LogP contribution in [0.2, 0.25) is 13.3 Å². The minimum absolute atomic E-state index is 0.0835. The van der Waals surface area contributed by atoms with Crippen LogP contribution < -0.4 is 3.78 Å². The maximum absolute atomic E-state index is 12.4. The predicted molar refractivity (Wildman–Crippen MR) is 110 cm³/mol. The molecular formula is C21H33NO5Sn. The summed E-state index contributed by atoms with van der Waals surface area (Å²) < 4.78 is 10.8. The molecular weight excluding hydrogens is 465 g/mol. The fourth-order valence-corrected chi connectivity index (χ4v) is 19.1. The van der Waals surface area contributed by atoms with E-state index in [4.69, 9.17) is 9.25 Å². The van der Waals surface area contributed by atoms with Crippen molar-refractivity contribution in [3.63, 3.8) is 0 Å². The number of hydrogen-bond acceptors (Lipinski definition) is 5. The topological polar surface area (TPSA) is 76.8 Å². The van der Waals surface area contributed by atoms with Gasteiger partial charge in [0.25, 0.3) is 0 Å². The first-order valence-corrected chi connectivity index (χ1v) is 18.1. The Labute approximate surface area is 171 Å². The van der Waals surface area contributed by atoms with E-state index in [0.29, 0.717) is 5.06 Å². The zero-order chi connectivity index (χ0) is 20.6. The number of amides is 2. The number of carbonyl (C=O) groups excluding carboxylic acids is 3. The number of hydroxylamine groups is 2. The molecule has 2 amide bonds. The SMILES string of the molecule is CCC[CH2][Sn]([CH2]CCC)([CH2]CCC)[c]1ccc(C(=O)ON2C(=O)CCC2=O)o1. The van der Waals surface area contributed by atoms with Crippen LogP contribution in [-0.4, -0.2) is 41.2 Å². The number of hydrogen-bond donors (Lipinski definition) is 0. The van der Waals surface area contributed by atoms with Gasteiger partial charge in [-0.15, -0.1) is 0 Å². The number of unbranched alkanes of at least 4 members (excludes halogenated alkanes) is 3. The first kappa shape index (κ1) is 23.0. The van der Waals surface area contributed by atoms with Crippen molar-refractivity contribution in [2.45, 2.75) is 85.4 Å². The van der Waals surface area contributed by atoms with Crippen LogP contribution in [0, 0.1) is 0 Å². The van der Waals surface area contributed by atoms with Gasteiger partial charge in [0.2, 0.25) is 0 Å². The van der Waals surface area contributed by atoms with Crippen molar-refractivity contribution in [3.05, 3.63) is 17.9 Å². The summed E-state index contributed by atoms with van der Waals surface area (Å²) in [6.07, 6.45) is 7.23. The van der Waals surface area contributed by atoms with Gasteiger partial charge in [0.05, 0.1) is 0 Å². The molecule has 0 bridgehead atoms. The van der Waals surface area contributed by atoms with Crippen LogP contribution in [0.1, 0.15) is 82.7 Å². The molecule has 1 aromatic heterocycles. The molecule has 6 nitrogen and oxygen atoms in total. The summed E-state index contributed by atoms with van der Waals surface area (Å²) in [6.45, 7) is 6.64. The van der Waals surface area contributed by atoms with E-state index in [9.17, 15) is 14.4 Å². The minimum atomic E-state index is -2.76. The standard InChI is InChI=1S/C9H6NO5.3C4H9.Sn/c11-7-3-4-8(12)10(7)15-9(13)6-2-1-5-14-6;3*1-3-4-2;/h1-2H,3-4H2;3*1,3-4H2,2H3;. The summed E-state index contributed by atoms with van der Waals surface area (Å²) in [5.74, 6) is -1.63. The predicted octanol–water partition coefficient (Wildman–Crippen LogP) is 4.56. The van der Waals surface area contributed by atoms with Crippen molar-refractivity contribution in [3.8, 4) is 0 Å². The van der Waals surface area contributed by atoms with Gasteiger partial charge in [-0.1, -0.05) is 0 Å². The third-order valence-corrected chi connectivity index (χ3v) is 20.5. The fourth-order valence-electron chi connectivity index (χ4n) is 3.81. The van der Waals surface area contributed by atoms with E-state index in [1.807, 2.05) is 6.07 Å². The molecule has 0 N–H and O–H groups in total. The second kappa shape index (κ2) is 11.0. The van der Waals surface area contributed by atoms with Crippen LogP contribution in [0.5, 0.6) is 0 Å². The molecule has 0 unspecified atom stereocenters. The number of furan rings is 1. The third-order valence-electron chi connectivity index (χ3n) is 5.54. The van der Waals surface area contributed by atoms with Crippen molar-refractivity contribution >= 4 is 39.9 Å². The van der Waals surface area contributed by atoms with Gasteiger partial charge in [-0.2, -0.15) is 0 Å².